The molecule has 0 aliphatic carbocycles. The van der Waals surface area contributed by atoms with Crippen LogP contribution in [0.25, 0.3) is 11.3 Å². The van der Waals surface area contributed by atoms with Gasteiger partial charge in [-0.2, -0.15) is 5.10 Å². The van der Waals surface area contributed by atoms with Crippen LogP contribution in [-0.4, -0.2) is 46.3 Å². The molecule has 0 atom stereocenters. The number of hydrogen-bond donors (Lipinski definition) is 1. The minimum absolute atomic E-state index is 0.238. The van der Waals surface area contributed by atoms with Gasteiger partial charge in [-0.3, -0.25) is 0 Å². The van der Waals surface area contributed by atoms with E-state index in [4.69, 9.17) is 14.2 Å². The smallest absolute Gasteiger partial charge is 0.165 e. The molecule has 7 nitrogen and oxygen atoms in total. The van der Waals surface area contributed by atoms with Gasteiger partial charge in [-0.1, -0.05) is 18.2 Å². The number of benzene rings is 2. The van der Waals surface area contributed by atoms with Crippen molar-refractivity contribution in [1.82, 2.24) is 14.8 Å². The van der Waals surface area contributed by atoms with Gasteiger partial charge in [0.1, 0.15) is 24.0 Å². The first kappa shape index (κ1) is 20.0. The van der Waals surface area contributed by atoms with Crippen molar-refractivity contribution in [1.29, 1.82) is 0 Å². The van der Waals surface area contributed by atoms with Crippen molar-refractivity contribution in [3.63, 3.8) is 0 Å². The van der Waals surface area contributed by atoms with E-state index in [0.717, 1.165) is 34.4 Å². The Bertz CT molecular complexity index is 1090. The van der Waals surface area contributed by atoms with E-state index >= 15 is 0 Å². The molecule has 1 aromatic heterocycles. The van der Waals surface area contributed by atoms with E-state index in [2.05, 4.69) is 30.0 Å². The molecule has 1 aliphatic rings. The van der Waals surface area contributed by atoms with Crippen molar-refractivity contribution in [2.75, 3.05) is 20.8 Å². The highest BCUT2D eigenvalue weighted by Crippen LogP contribution is 2.45. The fraction of sp³-hybridized carbons (Fsp3) is 0.304. The van der Waals surface area contributed by atoms with Gasteiger partial charge in [0.05, 0.1) is 26.5 Å². The average molecular weight is 407 g/mol. The van der Waals surface area contributed by atoms with Crippen LogP contribution in [0, 0.1) is 0 Å². The van der Waals surface area contributed by atoms with Crippen LogP contribution < -0.4 is 14.2 Å². The van der Waals surface area contributed by atoms with Crippen LogP contribution in [0.4, 0.5) is 0 Å². The second-order valence-electron chi connectivity index (χ2n) is 7.73. The van der Waals surface area contributed by atoms with Crippen LogP contribution >= 0.6 is 0 Å². The van der Waals surface area contributed by atoms with Crippen molar-refractivity contribution in [3.05, 3.63) is 65.7 Å². The molecule has 1 aliphatic heterocycles. The predicted molar refractivity (Wildman–Crippen MR) is 114 cm³/mol. The molecular formula is C23H25N3O4. The number of methoxy groups -OCH3 is 2. The second kappa shape index (κ2) is 7.84. The summed E-state index contributed by atoms with van der Waals surface area (Å²) >= 11 is 0. The van der Waals surface area contributed by atoms with Crippen molar-refractivity contribution in [2.45, 2.75) is 25.9 Å². The lowest BCUT2D eigenvalue weighted by atomic mass is 9.91. The minimum atomic E-state index is -0.311. The summed E-state index contributed by atoms with van der Waals surface area (Å²) in [6.45, 7) is 3.87. The molecule has 7 heteroatoms. The molecule has 30 heavy (non-hydrogen) atoms. The Balaban J connectivity index is 2.01. The van der Waals surface area contributed by atoms with Gasteiger partial charge in [0.2, 0.25) is 0 Å². The maximum atomic E-state index is 10.3. The minimum Gasteiger partial charge on any atom is -0.496 e. The molecule has 0 amide bonds. The molecule has 156 valence electrons. The average Bonchev–Trinajstić information content (AvgIpc) is 3.37. The molecule has 0 unspecified atom stereocenters. The first-order chi connectivity index (χ1) is 14.5. The molecule has 0 saturated carbocycles. The fourth-order valence-corrected chi connectivity index (χ4v) is 3.92. The van der Waals surface area contributed by atoms with Crippen LogP contribution in [0.5, 0.6) is 17.2 Å². The monoisotopic (exact) mass is 407 g/mol. The van der Waals surface area contributed by atoms with Crippen LogP contribution in [0.15, 0.2) is 49.1 Å². The highest BCUT2D eigenvalue weighted by Gasteiger charge is 2.33. The zero-order valence-electron chi connectivity index (χ0n) is 17.5. The summed E-state index contributed by atoms with van der Waals surface area (Å²) in [5.41, 5.74) is 3.81. The molecule has 0 bridgehead atoms. The Morgan fingerprint density at radius 3 is 2.60 bits per heavy atom. The standard InChI is InChI=1S/C23H25N3O4/c1-23(2)11-16-9-15(10-20(29-4)22(16)30-23)21(17-7-5-6-8-19(17)28-3)18(12-27)26-14-24-13-25-26/h5-10,13-14,27H,11-12H2,1-4H3. The molecule has 0 spiro atoms. The molecule has 0 fully saturated rings. The number of aliphatic hydroxyl groups excluding tert-OH is 1. The second-order valence-corrected chi connectivity index (χ2v) is 7.73. The maximum absolute atomic E-state index is 10.3. The Morgan fingerprint density at radius 1 is 1.17 bits per heavy atom. The van der Waals surface area contributed by atoms with Crippen molar-refractivity contribution >= 4 is 11.3 Å². The Kier molecular flexibility index (Phi) is 5.22. The van der Waals surface area contributed by atoms with Crippen LogP contribution in [-0.2, 0) is 6.42 Å². The van der Waals surface area contributed by atoms with E-state index in [1.54, 1.807) is 25.2 Å². The van der Waals surface area contributed by atoms with Crippen LogP contribution in [0.2, 0.25) is 0 Å². The first-order valence-electron chi connectivity index (χ1n) is 9.70. The largest absolute Gasteiger partial charge is 0.496 e. The number of aliphatic hydroxyl groups is 1. The summed E-state index contributed by atoms with van der Waals surface area (Å²) in [6.07, 6.45) is 3.76. The van der Waals surface area contributed by atoms with Gasteiger partial charge in [-0.15, -0.1) is 0 Å². The lowest BCUT2D eigenvalue weighted by Crippen LogP contribution is -2.24. The number of rotatable bonds is 6. The Hall–Kier alpha value is -3.32. The maximum Gasteiger partial charge on any atom is 0.165 e. The van der Waals surface area contributed by atoms with Crippen molar-refractivity contribution < 1.29 is 19.3 Å². The number of aromatic nitrogens is 3. The van der Waals surface area contributed by atoms with Crippen LogP contribution in [0.3, 0.4) is 0 Å². The van der Waals surface area contributed by atoms with E-state index in [1.165, 1.54) is 6.33 Å². The van der Waals surface area contributed by atoms with Crippen molar-refractivity contribution in [3.8, 4) is 17.2 Å². The highest BCUT2D eigenvalue weighted by molar-refractivity contribution is 5.95. The van der Waals surface area contributed by atoms with Crippen molar-refractivity contribution in [2.24, 2.45) is 0 Å². The van der Waals surface area contributed by atoms with Gasteiger partial charge in [-0.05, 0) is 37.6 Å². The number of ether oxygens (including phenoxy) is 3. The molecule has 1 N–H and O–H groups in total. The zero-order valence-corrected chi connectivity index (χ0v) is 17.5. The molecule has 2 aromatic carbocycles. The molecule has 0 radical (unpaired) electrons. The summed E-state index contributed by atoms with van der Waals surface area (Å²) in [5, 5.41) is 14.6. The van der Waals surface area contributed by atoms with E-state index in [0.29, 0.717) is 17.2 Å². The summed E-state index contributed by atoms with van der Waals surface area (Å²) < 4.78 is 19.0. The third kappa shape index (κ3) is 3.52. The SMILES string of the molecule is COc1ccccc1C(=C(CO)n1cncn1)c1cc2c(c(OC)c1)OC(C)(C)C2. The summed E-state index contributed by atoms with van der Waals surface area (Å²) in [5.74, 6) is 2.10. The topological polar surface area (TPSA) is 78.6 Å². The lowest BCUT2D eigenvalue weighted by Gasteiger charge is -2.19. The van der Waals surface area contributed by atoms with E-state index in [9.17, 15) is 5.11 Å². The molecule has 4 rings (SSSR count). The summed E-state index contributed by atoms with van der Waals surface area (Å²) in [6, 6.07) is 11.7. The Morgan fingerprint density at radius 2 is 1.93 bits per heavy atom. The zero-order chi connectivity index (χ0) is 21.3. The quantitative estimate of drug-likeness (QED) is 0.675. The summed E-state index contributed by atoms with van der Waals surface area (Å²) in [7, 11) is 3.26. The number of fused-ring (bicyclic) bond motifs is 1. The van der Waals surface area contributed by atoms with Crippen LogP contribution in [0.1, 0.15) is 30.5 Å². The van der Waals surface area contributed by atoms with Gasteiger partial charge in [0.25, 0.3) is 0 Å². The van der Waals surface area contributed by atoms with E-state index in [1.807, 2.05) is 30.3 Å². The predicted octanol–water partition coefficient (Wildman–Crippen LogP) is 3.42. The van der Waals surface area contributed by atoms with Gasteiger partial charge < -0.3 is 19.3 Å². The van der Waals surface area contributed by atoms with Gasteiger partial charge in [-0.25, -0.2) is 9.67 Å². The molecule has 2 heterocycles. The molecule has 0 saturated heterocycles. The summed E-state index contributed by atoms with van der Waals surface area (Å²) in [4.78, 5) is 4.04. The lowest BCUT2D eigenvalue weighted by molar-refractivity contribution is 0.134. The first-order valence-corrected chi connectivity index (χ1v) is 9.70. The Labute approximate surface area is 175 Å². The van der Waals surface area contributed by atoms with Gasteiger partial charge in [0, 0.05) is 23.1 Å². The number of para-hydroxylation sites is 1. The fourth-order valence-electron chi connectivity index (χ4n) is 3.92. The normalized spacial score (nSPS) is 15.2. The molecular weight excluding hydrogens is 382 g/mol. The molecule has 3 aromatic rings. The van der Waals surface area contributed by atoms with Gasteiger partial charge >= 0.3 is 0 Å². The van der Waals surface area contributed by atoms with E-state index in [-0.39, 0.29) is 12.2 Å². The number of hydrogen-bond acceptors (Lipinski definition) is 6. The third-order valence-electron chi connectivity index (χ3n) is 5.14. The third-order valence-corrected chi connectivity index (χ3v) is 5.14. The van der Waals surface area contributed by atoms with E-state index < -0.39 is 0 Å². The highest BCUT2D eigenvalue weighted by atomic mass is 16.5. The number of nitrogens with zero attached hydrogens (tertiary/aromatic N) is 3. The van der Waals surface area contributed by atoms with Gasteiger partial charge in [0.15, 0.2) is 11.5 Å².